The fraction of sp³-hybridized carbons (Fsp3) is 0.632. The number of hydrogen-bond acceptors (Lipinski definition) is 4. The van der Waals surface area contributed by atoms with Crippen LogP contribution in [0.1, 0.15) is 30.7 Å². The van der Waals surface area contributed by atoms with E-state index >= 15 is 0 Å². The molecule has 0 aromatic carbocycles. The Balaban J connectivity index is 1.23. The van der Waals surface area contributed by atoms with E-state index in [0.29, 0.717) is 17.9 Å². The Morgan fingerprint density at radius 1 is 1.27 bits per heavy atom. The Hall–Kier alpha value is -2.15. The van der Waals surface area contributed by atoms with Gasteiger partial charge in [-0.15, -0.1) is 0 Å². The van der Waals surface area contributed by atoms with Crippen LogP contribution in [0.25, 0.3) is 0 Å². The standard InChI is InChI=1S/C19H28N6O/c1-22-14-15(13-21-22)17-12-18(17)19(26)23(2)16-4-8-24(9-5-16)10-11-25-7-3-6-20-25/h3,6-7,13-14,16-18H,4-5,8-12H2,1-2H3/t17-,18+/m0/s1. The van der Waals surface area contributed by atoms with Crippen molar-refractivity contribution in [1.82, 2.24) is 29.4 Å². The first-order valence-electron chi connectivity index (χ1n) is 9.57. The quantitative estimate of drug-likeness (QED) is 0.784. The number of aryl methyl sites for hydroxylation is 1. The van der Waals surface area contributed by atoms with Crippen LogP contribution in [-0.4, -0.2) is 68.0 Å². The Labute approximate surface area is 154 Å². The molecule has 1 aliphatic heterocycles. The molecule has 140 valence electrons. The second kappa shape index (κ2) is 7.23. The van der Waals surface area contributed by atoms with E-state index in [2.05, 4.69) is 15.1 Å². The third kappa shape index (κ3) is 3.67. The van der Waals surface area contributed by atoms with Crippen LogP contribution in [0, 0.1) is 5.92 Å². The summed E-state index contributed by atoms with van der Waals surface area (Å²) in [4.78, 5) is 17.3. The molecule has 0 N–H and O–H groups in total. The number of aromatic nitrogens is 4. The molecule has 2 aromatic rings. The SMILES string of the molecule is CN(C(=O)[C@@H]1C[C@H]1c1cnn(C)c1)C1CCN(CCn2cccn2)CC1. The third-order valence-electron chi connectivity index (χ3n) is 5.92. The molecule has 0 spiro atoms. The van der Waals surface area contributed by atoms with Crippen LogP contribution < -0.4 is 0 Å². The van der Waals surface area contributed by atoms with Crippen LogP contribution in [0.4, 0.5) is 0 Å². The summed E-state index contributed by atoms with van der Waals surface area (Å²) in [5.74, 6) is 0.837. The number of carbonyl (C=O) groups excluding carboxylic acids is 1. The molecule has 0 unspecified atom stereocenters. The molecule has 3 heterocycles. The molecule has 2 aromatic heterocycles. The summed E-state index contributed by atoms with van der Waals surface area (Å²) >= 11 is 0. The molecule has 7 heteroatoms. The van der Waals surface area contributed by atoms with Gasteiger partial charge in [-0.05, 0) is 36.8 Å². The Morgan fingerprint density at radius 3 is 2.73 bits per heavy atom. The van der Waals surface area contributed by atoms with Gasteiger partial charge >= 0.3 is 0 Å². The number of amides is 1. The number of rotatable bonds is 6. The summed E-state index contributed by atoms with van der Waals surface area (Å²) in [6.45, 7) is 4.07. The van der Waals surface area contributed by atoms with Gasteiger partial charge in [0.25, 0.3) is 0 Å². The third-order valence-corrected chi connectivity index (χ3v) is 5.92. The molecule has 7 nitrogen and oxygen atoms in total. The highest BCUT2D eigenvalue weighted by atomic mass is 16.2. The van der Waals surface area contributed by atoms with Crippen LogP contribution in [0.3, 0.4) is 0 Å². The average molecular weight is 356 g/mol. The zero-order valence-electron chi connectivity index (χ0n) is 15.7. The van der Waals surface area contributed by atoms with Crippen LogP contribution in [0.2, 0.25) is 0 Å². The van der Waals surface area contributed by atoms with Crippen LogP contribution >= 0.6 is 0 Å². The van der Waals surface area contributed by atoms with Crippen molar-refractivity contribution in [3.05, 3.63) is 36.4 Å². The first kappa shape index (κ1) is 17.3. The largest absolute Gasteiger partial charge is 0.342 e. The van der Waals surface area contributed by atoms with E-state index in [9.17, 15) is 4.79 Å². The summed E-state index contributed by atoms with van der Waals surface area (Å²) < 4.78 is 3.80. The van der Waals surface area contributed by atoms with E-state index in [1.54, 1.807) is 0 Å². The van der Waals surface area contributed by atoms with Gasteiger partial charge in [0.15, 0.2) is 0 Å². The van der Waals surface area contributed by atoms with Crippen molar-refractivity contribution >= 4 is 5.91 Å². The average Bonchev–Trinajstić information content (AvgIpc) is 3.05. The second-order valence-corrected chi connectivity index (χ2v) is 7.69. The van der Waals surface area contributed by atoms with E-state index in [1.165, 1.54) is 5.56 Å². The Morgan fingerprint density at radius 2 is 2.08 bits per heavy atom. The van der Waals surface area contributed by atoms with E-state index in [0.717, 1.165) is 45.4 Å². The predicted molar refractivity (Wildman–Crippen MR) is 98.5 cm³/mol. The van der Waals surface area contributed by atoms with Gasteiger partial charge in [0.05, 0.1) is 12.7 Å². The first-order chi connectivity index (χ1) is 12.6. The molecule has 1 saturated heterocycles. The molecule has 2 atom stereocenters. The Kier molecular flexibility index (Phi) is 4.80. The molecule has 1 aliphatic carbocycles. The summed E-state index contributed by atoms with van der Waals surface area (Å²) in [5.41, 5.74) is 1.20. The van der Waals surface area contributed by atoms with Gasteiger partial charge in [0, 0.05) is 64.3 Å². The fourth-order valence-corrected chi connectivity index (χ4v) is 4.12. The van der Waals surface area contributed by atoms with Gasteiger partial charge in [-0.25, -0.2) is 0 Å². The molecule has 4 rings (SSSR count). The second-order valence-electron chi connectivity index (χ2n) is 7.69. The van der Waals surface area contributed by atoms with Gasteiger partial charge in [0.2, 0.25) is 5.91 Å². The lowest BCUT2D eigenvalue weighted by molar-refractivity contribution is -0.134. The molecule has 2 fully saturated rings. The summed E-state index contributed by atoms with van der Waals surface area (Å²) in [6, 6.07) is 2.34. The number of hydrogen-bond donors (Lipinski definition) is 0. The molecule has 0 radical (unpaired) electrons. The maximum absolute atomic E-state index is 12.8. The number of likely N-dealkylation sites (tertiary alicyclic amines) is 1. The van der Waals surface area contributed by atoms with Gasteiger partial charge in [-0.3, -0.25) is 14.2 Å². The zero-order valence-corrected chi connectivity index (χ0v) is 15.7. The molecule has 1 saturated carbocycles. The van der Waals surface area contributed by atoms with Crippen LogP contribution in [0.5, 0.6) is 0 Å². The predicted octanol–water partition coefficient (Wildman–Crippen LogP) is 1.34. The minimum Gasteiger partial charge on any atom is -0.342 e. The van der Waals surface area contributed by atoms with E-state index in [-0.39, 0.29) is 5.92 Å². The van der Waals surface area contributed by atoms with Crippen molar-refractivity contribution in [3.63, 3.8) is 0 Å². The van der Waals surface area contributed by atoms with Gasteiger partial charge in [0.1, 0.15) is 0 Å². The minimum atomic E-state index is 0.155. The van der Waals surface area contributed by atoms with Crippen molar-refractivity contribution < 1.29 is 4.79 Å². The van der Waals surface area contributed by atoms with Crippen molar-refractivity contribution in [2.45, 2.75) is 37.8 Å². The Bertz CT molecular complexity index is 731. The van der Waals surface area contributed by atoms with Crippen molar-refractivity contribution in [2.24, 2.45) is 13.0 Å². The summed E-state index contributed by atoms with van der Waals surface area (Å²) in [5, 5.41) is 8.49. The van der Waals surface area contributed by atoms with Crippen molar-refractivity contribution in [3.8, 4) is 0 Å². The zero-order chi connectivity index (χ0) is 18.1. The maximum atomic E-state index is 12.8. The topological polar surface area (TPSA) is 59.2 Å². The van der Waals surface area contributed by atoms with Crippen LogP contribution in [0.15, 0.2) is 30.9 Å². The fourth-order valence-electron chi connectivity index (χ4n) is 4.12. The highest BCUT2D eigenvalue weighted by Crippen LogP contribution is 2.48. The lowest BCUT2D eigenvalue weighted by Crippen LogP contribution is -2.46. The molecule has 26 heavy (non-hydrogen) atoms. The van der Waals surface area contributed by atoms with Crippen molar-refractivity contribution in [2.75, 3.05) is 26.7 Å². The van der Waals surface area contributed by atoms with Gasteiger partial charge < -0.3 is 9.80 Å². The lowest BCUT2D eigenvalue weighted by atomic mass is 10.0. The van der Waals surface area contributed by atoms with E-state index in [1.807, 2.05) is 59.2 Å². The van der Waals surface area contributed by atoms with Gasteiger partial charge in [-0.1, -0.05) is 0 Å². The monoisotopic (exact) mass is 356 g/mol. The van der Waals surface area contributed by atoms with Crippen molar-refractivity contribution in [1.29, 1.82) is 0 Å². The highest BCUT2D eigenvalue weighted by molar-refractivity contribution is 5.83. The normalized spacial score (nSPS) is 23.9. The highest BCUT2D eigenvalue weighted by Gasteiger charge is 2.46. The molecule has 0 bridgehead atoms. The molecule has 2 aliphatic rings. The summed E-state index contributed by atoms with van der Waals surface area (Å²) in [6.07, 6.45) is 10.9. The number of piperidine rings is 1. The number of nitrogens with zero attached hydrogens (tertiary/aromatic N) is 6. The van der Waals surface area contributed by atoms with Crippen LogP contribution in [-0.2, 0) is 18.4 Å². The van der Waals surface area contributed by atoms with E-state index < -0.39 is 0 Å². The number of carbonyl (C=O) groups is 1. The molecule has 1 amide bonds. The van der Waals surface area contributed by atoms with E-state index in [4.69, 9.17) is 0 Å². The minimum absolute atomic E-state index is 0.155. The smallest absolute Gasteiger partial charge is 0.226 e. The van der Waals surface area contributed by atoms with Gasteiger partial charge in [-0.2, -0.15) is 10.2 Å². The molecular weight excluding hydrogens is 328 g/mol. The first-order valence-corrected chi connectivity index (χ1v) is 9.57. The maximum Gasteiger partial charge on any atom is 0.226 e. The molecular formula is C19H28N6O. The summed E-state index contributed by atoms with van der Waals surface area (Å²) in [7, 11) is 3.92. The lowest BCUT2D eigenvalue weighted by Gasteiger charge is -2.37.